The van der Waals surface area contributed by atoms with Gasteiger partial charge in [-0.2, -0.15) is 0 Å². The molecule has 1 unspecified atom stereocenters. The second kappa shape index (κ2) is 13.0. The van der Waals surface area contributed by atoms with Crippen LogP contribution in [-0.4, -0.2) is 6.16 Å². The maximum Gasteiger partial charge on any atom is 0.514 e. The molecule has 0 fully saturated rings. The van der Waals surface area contributed by atoms with Crippen LogP contribution in [-0.2, 0) is 11.2 Å². The number of hydrogen-bond acceptors (Lipinski definition) is 3. The topological polar surface area (TPSA) is 35.5 Å². The maximum absolute atomic E-state index is 12.5. The Balaban J connectivity index is 1.98. The summed E-state index contributed by atoms with van der Waals surface area (Å²) < 4.78 is 11.3. The molecule has 152 valence electrons. The van der Waals surface area contributed by atoms with Crippen molar-refractivity contribution < 1.29 is 14.3 Å². The molecule has 0 spiro atoms. The van der Waals surface area contributed by atoms with Crippen molar-refractivity contribution in [3.63, 3.8) is 0 Å². The molecule has 2 rings (SSSR count). The quantitative estimate of drug-likeness (QED) is 0.215. The Morgan fingerprint density at radius 3 is 2.25 bits per heavy atom. The van der Waals surface area contributed by atoms with Gasteiger partial charge in [-0.05, 0) is 42.9 Å². The minimum Gasteiger partial charge on any atom is -0.426 e. The molecule has 0 aliphatic carbocycles. The average molecular weight is 383 g/mol. The highest BCUT2D eigenvalue weighted by molar-refractivity contribution is 5.65. The van der Waals surface area contributed by atoms with Gasteiger partial charge in [0.1, 0.15) is 11.9 Å². The fourth-order valence-corrected chi connectivity index (χ4v) is 3.30. The van der Waals surface area contributed by atoms with Gasteiger partial charge in [0.05, 0.1) is 0 Å². The summed E-state index contributed by atoms with van der Waals surface area (Å²) in [7, 11) is 0. The maximum atomic E-state index is 12.5. The number of unbranched alkanes of at least 4 members (excludes halogenated alkanes) is 5. The van der Waals surface area contributed by atoms with E-state index in [9.17, 15) is 4.79 Å². The van der Waals surface area contributed by atoms with Crippen molar-refractivity contribution in [3.8, 4) is 5.75 Å². The fourth-order valence-electron chi connectivity index (χ4n) is 3.30. The molecule has 0 aliphatic heterocycles. The van der Waals surface area contributed by atoms with Crippen molar-refractivity contribution in [2.45, 2.75) is 77.7 Å². The molecule has 2 aromatic rings. The van der Waals surface area contributed by atoms with E-state index in [1.807, 2.05) is 54.6 Å². The van der Waals surface area contributed by atoms with Crippen molar-refractivity contribution in [2.24, 2.45) is 0 Å². The molecular formula is C25H34O3. The van der Waals surface area contributed by atoms with E-state index in [1.165, 1.54) is 19.3 Å². The Labute approximate surface area is 170 Å². The molecule has 0 bridgehead atoms. The molecular weight excluding hydrogens is 348 g/mol. The van der Waals surface area contributed by atoms with Crippen LogP contribution < -0.4 is 4.74 Å². The number of rotatable bonds is 12. The average Bonchev–Trinajstić information content (AvgIpc) is 2.72. The van der Waals surface area contributed by atoms with Crippen molar-refractivity contribution in [2.75, 3.05) is 0 Å². The van der Waals surface area contributed by atoms with Gasteiger partial charge in [-0.15, -0.1) is 0 Å². The fraction of sp³-hybridized carbons (Fsp3) is 0.480. The van der Waals surface area contributed by atoms with E-state index in [-0.39, 0.29) is 6.10 Å². The Bertz CT molecular complexity index is 681. The molecule has 1 atom stereocenters. The number of aryl methyl sites for hydroxylation is 1. The first-order valence-corrected chi connectivity index (χ1v) is 10.8. The smallest absolute Gasteiger partial charge is 0.426 e. The van der Waals surface area contributed by atoms with Gasteiger partial charge < -0.3 is 9.47 Å². The number of hydrogen-bond donors (Lipinski definition) is 0. The second-order valence-corrected chi connectivity index (χ2v) is 7.28. The lowest BCUT2D eigenvalue weighted by Gasteiger charge is -2.18. The third-order valence-corrected chi connectivity index (χ3v) is 4.95. The van der Waals surface area contributed by atoms with E-state index in [4.69, 9.17) is 9.47 Å². The Morgan fingerprint density at radius 1 is 0.821 bits per heavy atom. The second-order valence-electron chi connectivity index (χ2n) is 7.28. The highest BCUT2D eigenvalue weighted by Crippen LogP contribution is 2.26. The van der Waals surface area contributed by atoms with E-state index < -0.39 is 6.16 Å². The van der Waals surface area contributed by atoms with Crippen LogP contribution in [0.2, 0.25) is 0 Å². The summed E-state index contributed by atoms with van der Waals surface area (Å²) in [6, 6.07) is 17.7. The van der Waals surface area contributed by atoms with Crippen LogP contribution in [0.3, 0.4) is 0 Å². The summed E-state index contributed by atoms with van der Waals surface area (Å²) in [4.78, 5) is 12.5. The van der Waals surface area contributed by atoms with Gasteiger partial charge in [0.15, 0.2) is 0 Å². The van der Waals surface area contributed by atoms with Gasteiger partial charge in [-0.25, -0.2) is 4.79 Å². The van der Waals surface area contributed by atoms with E-state index >= 15 is 0 Å². The Hall–Kier alpha value is -2.29. The molecule has 3 nitrogen and oxygen atoms in total. The van der Waals surface area contributed by atoms with Crippen LogP contribution in [0, 0.1) is 0 Å². The lowest BCUT2D eigenvalue weighted by Crippen LogP contribution is -2.16. The van der Waals surface area contributed by atoms with Gasteiger partial charge in [-0.3, -0.25) is 0 Å². The molecule has 0 radical (unpaired) electrons. The van der Waals surface area contributed by atoms with Crippen molar-refractivity contribution in [1.29, 1.82) is 0 Å². The first-order valence-electron chi connectivity index (χ1n) is 10.8. The third kappa shape index (κ3) is 7.75. The molecule has 0 aliphatic rings. The molecule has 3 heteroatoms. The summed E-state index contributed by atoms with van der Waals surface area (Å²) >= 11 is 0. The molecule has 2 aromatic carbocycles. The molecule has 0 heterocycles. The summed E-state index contributed by atoms with van der Waals surface area (Å²) in [5, 5.41) is 0. The monoisotopic (exact) mass is 382 g/mol. The van der Waals surface area contributed by atoms with Gasteiger partial charge >= 0.3 is 6.16 Å². The predicted octanol–water partition coefficient (Wildman–Crippen LogP) is 7.65. The van der Waals surface area contributed by atoms with Gasteiger partial charge in [0.2, 0.25) is 0 Å². The lowest BCUT2D eigenvalue weighted by atomic mass is 10.0. The van der Waals surface area contributed by atoms with Gasteiger partial charge in [0.25, 0.3) is 0 Å². The predicted molar refractivity (Wildman–Crippen MR) is 115 cm³/mol. The summed E-state index contributed by atoms with van der Waals surface area (Å²) in [5.74, 6) is 0.607. The van der Waals surface area contributed by atoms with E-state index in [0.29, 0.717) is 5.75 Å². The molecule has 0 saturated heterocycles. The zero-order valence-electron chi connectivity index (χ0n) is 17.4. The molecule has 0 N–H and O–H groups in total. The number of ether oxygens (including phenoxy) is 2. The SMILES string of the molecule is CCCCCCCC(OC(=O)Oc1ccccc1CCCC)c1ccccc1. The van der Waals surface area contributed by atoms with Crippen LogP contribution in [0.15, 0.2) is 54.6 Å². The van der Waals surface area contributed by atoms with Crippen LogP contribution >= 0.6 is 0 Å². The van der Waals surface area contributed by atoms with Crippen molar-refractivity contribution in [3.05, 3.63) is 65.7 Å². The standard InChI is InChI=1S/C25H34O3/c1-3-5-7-8-12-19-23(22-16-10-9-11-17-22)27-25(26)28-24-20-14-13-18-21(24)15-6-4-2/h9-11,13-14,16-18,20,23H,3-8,12,15,19H2,1-2H3. The van der Waals surface area contributed by atoms with Crippen LogP contribution in [0.4, 0.5) is 4.79 Å². The van der Waals surface area contributed by atoms with E-state index in [1.54, 1.807) is 0 Å². The first kappa shape index (κ1) is 22.0. The first-order chi connectivity index (χ1) is 13.7. The van der Waals surface area contributed by atoms with Gasteiger partial charge in [0, 0.05) is 0 Å². The minimum absolute atomic E-state index is 0.266. The van der Waals surface area contributed by atoms with Crippen LogP contribution in [0.1, 0.15) is 82.4 Å². The Kier molecular flexibility index (Phi) is 10.2. The number of carbonyl (C=O) groups is 1. The van der Waals surface area contributed by atoms with Crippen LogP contribution in [0.5, 0.6) is 5.75 Å². The highest BCUT2D eigenvalue weighted by Gasteiger charge is 2.19. The van der Waals surface area contributed by atoms with E-state index in [0.717, 1.165) is 49.7 Å². The molecule has 28 heavy (non-hydrogen) atoms. The highest BCUT2D eigenvalue weighted by atomic mass is 16.7. The largest absolute Gasteiger partial charge is 0.514 e. The zero-order valence-corrected chi connectivity index (χ0v) is 17.4. The van der Waals surface area contributed by atoms with Crippen LogP contribution in [0.25, 0.3) is 0 Å². The zero-order chi connectivity index (χ0) is 20.0. The summed E-state index contributed by atoms with van der Waals surface area (Å²) in [5.41, 5.74) is 2.08. The molecule has 0 saturated carbocycles. The molecule has 0 amide bonds. The summed E-state index contributed by atoms with van der Waals surface area (Å²) in [6.07, 6.45) is 8.93. The van der Waals surface area contributed by atoms with Gasteiger partial charge in [-0.1, -0.05) is 94.5 Å². The Morgan fingerprint density at radius 2 is 1.50 bits per heavy atom. The number of benzene rings is 2. The van der Waals surface area contributed by atoms with E-state index in [2.05, 4.69) is 13.8 Å². The van der Waals surface area contributed by atoms with Crippen molar-refractivity contribution in [1.82, 2.24) is 0 Å². The number of para-hydroxylation sites is 1. The third-order valence-electron chi connectivity index (χ3n) is 4.95. The normalized spacial score (nSPS) is 11.8. The summed E-state index contributed by atoms with van der Waals surface area (Å²) in [6.45, 7) is 4.37. The molecule has 0 aromatic heterocycles. The van der Waals surface area contributed by atoms with Crippen molar-refractivity contribution >= 4 is 6.16 Å². The minimum atomic E-state index is -0.619. The lowest BCUT2D eigenvalue weighted by molar-refractivity contribution is 0.0525. The number of carbonyl (C=O) groups excluding carboxylic acids is 1.